The molecule has 0 aliphatic carbocycles. The fourth-order valence-corrected chi connectivity index (χ4v) is 7.65. The highest BCUT2D eigenvalue weighted by atomic mass is 31.3. The summed E-state index contributed by atoms with van der Waals surface area (Å²) in [6, 6.07) is 3.29. The summed E-state index contributed by atoms with van der Waals surface area (Å²) in [6.45, 7) is 0.795. The van der Waals surface area contributed by atoms with Crippen LogP contribution in [-0.2, 0) is 33.8 Å². The molecule has 1 aromatic carbocycles. The van der Waals surface area contributed by atoms with Gasteiger partial charge >= 0.3 is 21.3 Å². The van der Waals surface area contributed by atoms with Crippen LogP contribution in [0.5, 0.6) is 0 Å². The highest BCUT2D eigenvalue weighted by Gasteiger charge is 2.46. The van der Waals surface area contributed by atoms with Crippen LogP contribution in [0.3, 0.4) is 0 Å². The summed E-state index contributed by atoms with van der Waals surface area (Å²) in [6.07, 6.45) is -9.93. The molecule has 2 aromatic heterocycles. The van der Waals surface area contributed by atoms with Crippen molar-refractivity contribution in [2.24, 2.45) is 0 Å². The Morgan fingerprint density at radius 3 is 2.42 bits per heavy atom. The molecule has 0 bridgehead atoms. The topological polar surface area (TPSA) is 363 Å². The number of nitrogens with zero attached hydrogens (tertiary/aromatic N) is 7. The molecule has 0 radical (unpaired) electrons. The van der Waals surface area contributed by atoms with E-state index in [4.69, 9.17) is 15.0 Å². The molecule has 1 saturated heterocycles. The maximum absolute atomic E-state index is 12.5. The molecule has 0 saturated carbocycles. The minimum atomic E-state index is -5.54. The first kappa shape index (κ1) is 38.6. The quantitative estimate of drug-likeness (QED) is 0.0443. The number of benzene rings is 1. The number of hydrogen-bond donors (Lipinski definition) is 9. The van der Waals surface area contributed by atoms with Gasteiger partial charge < -0.3 is 50.4 Å². The number of rotatable bonds is 13. The van der Waals surface area contributed by atoms with Crippen molar-refractivity contribution in [1.82, 2.24) is 39.0 Å². The van der Waals surface area contributed by atoms with Gasteiger partial charge in [0.1, 0.15) is 48.5 Å². The number of ether oxygens (including phenoxy) is 1. The van der Waals surface area contributed by atoms with Crippen LogP contribution >= 0.6 is 15.6 Å². The van der Waals surface area contributed by atoms with Gasteiger partial charge in [0.15, 0.2) is 29.2 Å². The molecule has 3 aliphatic rings. The number of nitrogens with one attached hydrogen (secondary N) is 1. The summed E-state index contributed by atoms with van der Waals surface area (Å²) >= 11 is 0. The van der Waals surface area contributed by atoms with Crippen LogP contribution in [0.15, 0.2) is 34.4 Å². The molecule has 6 rings (SSSR count). The van der Waals surface area contributed by atoms with Gasteiger partial charge in [0.2, 0.25) is 0 Å². The van der Waals surface area contributed by atoms with Gasteiger partial charge in [0.05, 0.1) is 37.1 Å². The van der Waals surface area contributed by atoms with Crippen LogP contribution < -0.4 is 17.0 Å². The van der Waals surface area contributed by atoms with Crippen molar-refractivity contribution in [3.05, 3.63) is 56.8 Å². The first-order valence-corrected chi connectivity index (χ1v) is 18.4. The normalized spacial score (nSPS) is 23.3. The lowest BCUT2D eigenvalue weighted by atomic mass is 10.1. The molecule has 53 heavy (non-hydrogen) atoms. The Bertz CT molecular complexity index is 2350. The zero-order valence-electron chi connectivity index (χ0n) is 27.5. The molecule has 3 aliphatic heterocycles. The predicted octanol–water partition coefficient (Wildman–Crippen LogP) is -2.42. The van der Waals surface area contributed by atoms with Crippen LogP contribution in [-0.4, -0.2) is 124 Å². The summed E-state index contributed by atoms with van der Waals surface area (Å²) in [5.41, 5.74) is 6.11. The molecule has 6 unspecified atom stereocenters. The number of phosphoric ester groups is 2. The number of aliphatic hydroxyl groups excluding tert-OH is 5. The lowest BCUT2D eigenvalue weighted by Gasteiger charge is -2.26. The number of aryl methyl sites for hydroxylation is 2. The highest BCUT2D eigenvalue weighted by molar-refractivity contribution is 7.61. The van der Waals surface area contributed by atoms with Crippen LogP contribution in [0.25, 0.3) is 33.7 Å². The van der Waals surface area contributed by atoms with E-state index in [1.807, 2.05) is 4.98 Å². The number of aliphatic hydroxyl groups is 5. The molecule has 286 valence electrons. The third kappa shape index (κ3) is 7.91. The van der Waals surface area contributed by atoms with E-state index in [9.17, 15) is 54.0 Å². The number of nitrogen functional groups attached to an aromatic ring is 1. The number of nitrogens with two attached hydrogens (primary N) is 1. The summed E-state index contributed by atoms with van der Waals surface area (Å²) in [4.78, 5) is 66.6. The average molecular weight is 786 g/mol. The van der Waals surface area contributed by atoms with Crippen LogP contribution in [0.4, 0.5) is 5.82 Å². The monoisotopic (exact) mass is 785 g/mol. The van der Waals surface area contributed by atoms with Crippen molar-refractivity contribution in [1.29, 1.82) is 0 Å². The summed E-state index contributed by atoms with van der Waals surface area (Å²) < 4.78 is 46.6. The number of hydrogen-bond acceptors (Lipinski definition) is 19. The Balaban J connectivity index is 1.07. The van der Waals surface area contributed by atoms with Crippen molar-refractivity contribution in [2.75, 3.05) is 18.9 Å². The van der Waals surface area contributed by atoms with Gasteiger partial charge in [-0.25, -0.2) is 33.9 Å². The molecular weight excluding hydrogens is 752 g/mol. The maximum Gasteiger partial charge on any atom is 0.481 e. The van der Waals surface area contributed by atoms with E-state index in [-0.39, 0.29) is 34.0 Å². The Morgan fingerprint density at radius 2 is 1.68 bits per heavy atom. The average Bonchev–Trinajstić information content (AvgIpc) is 3.63. The second kappa shape index (κ2) is 14.6. The summed E-state index contributed by atoms with van der Waals surface area (Å²) in [7, 11) is -11.0. The van der Waals surface area contributed by atoms with Gasteiger partial charge in [-0.3, -0.25) is 23.4 Å². The van der Waals surface area contributed by atoms with Gasteiger partial charge in [-0.2, -0.15) is 9.29 Å². The number of aromatic amines is 1. The van der Waals surface area contributed by atoms with Crippen molar-refractivity contribution in [2.45, 2.75) is 63.2 Å². The molecule has 9 atom stereocenters. The number of fused-ring (bicyclic) bond motifs is 3. The molecule has 0 spiro atoms. The van der Waals surface area contributed by atoms with E-state index in [1.54, 1.807) is 26.0 Å². The second-order valence-electron chi connectivity index (χ2n) is 12.1. The van der Waals surface area contributed by atoms with E-state index in [2.05, 4.69) is 33.8 Å². The third-order valence-corrected chi connectivity index (χ3v) is 11.0. The predicted molar refractivity (Wildman–Crippen MR) is 177 cm³/mol. The van der Waals surface area contributed by atoms with Crippen molar-refractivity contribution in [3.8, 4) is 11.5 Å². The SMILES string of the molecule is Cc1cc2nc3c(=O)[nH]c(=O)nc-3n(C[C@@H](O)[C@@H](O)[C@@H](O)COP(=O)(O)OP(=O)(O)OCC3OC(n4cnc5c(N)ncnc54)C(O)C3O)c2cc1C. The molecule has 26 heteroatoms. The fraction of sp³-hybridized carbons (Fsp3) is 0.444. The van der Waals surface area contributed by atoms with Gasteiger partial charge in [0, 0.05) is 0 Å². The first-order chi connectivity index (χ1) is 24.9. The van der Waals surface area contributed by atoms with E-state index < -0.39 is 89.5 Å². The molecule has 10 N–H and O–H groups in total. The van der Waals surface area contributed by atoms with Crippen molar-refractivity contribution < 1.29 is 62.5 Å². The van der Waals surface area contributed by atoms with Crippen LogP contribution in [0, 0.1) is 13.8 Å². The number of aromatic nitrogens is 8. The molecule has 5 heterocycles. The molecular formula is C27H33N9O15P2. The minimum Gasteiger partial charge on any atom is -0.388 e. The lowest BCUT2D eigenvalue weighted by Crippen LogP contribution is -2.42. The Kier molecular flexibility index (Phi) is 10.6. The molecule has 0 amide bonds. The van der Waals surface area contributed by atoms with E-state index in [1.165, 1.54) is 15.5 Å². The number of imidazole rings is 1. The van der Waals surface area contributed by atoms with Gasteiger partial charge in [-0.1, -0.05) is 0 Å². The first-order valence-electron chi connectivity index (χ1n) is 15.4. The second-order valence-corrected chi connectivity index (χ2v) is 15.1. The molecule has 1 fully saturated rings. The lowest BCUT2D eigenvalue weighted by molar-refractivity contribution is -0.0794. The van der Waals surface area contributed by atoms with Crippen LogP contribution in [0.2, 0.25) is 0 Å². The van der Waals surface area contributed by atoms with E-state index in [0.29, 0.717) is 5.52 Å². The third-order valence-electron chi connectivity index (χ3n) is 8.40. The Morgan fingerprint density at radius 1 is 0.981 bits per heavy atom. The van der Waals surface area contributed by atoms with Gasteiger partial charge in [-0.15, -0.1) is 0 Å². The maximum atomic E-state index is 12.5. The number of phosphoric acid groups is 2. The van der Waals surface area contributed by atoms with Crippen LogP contribution in [0.1, 0.15) is 17.4 Å². The molecule has 24 nitrogen and oxygen atoms in total. The smallest absolute Gasteiger partial charge is 0.388 e. The standard InChI is InChI=1S/C27H33N9O15P2/c1-10-3-12-13(4-11(10)2)35(24-18(32-12)25(42)34-27(43)33-24)5-14(37)19(39)15(38)6-48-52(44,45)51-53(46,47)49-7-16-20(40)21(41)26(50-16)36-9-31-17-22(28)29-8-30-23(17)36/h3-4,8-9,14-16,19-21,26,37-41H,5-7H2,1-2H3,(H,44,45)(H,46,47)(H2,28,29,30)(H,34,42,43)/t14-,15+,16?,19-,20?,21?,26?/m1/s1. The zero-order valence-corrected chi connectivity index (χ0v) is 29.3. The van der Waals surface area contributed by atoms with E-state index in [0.717, 1.165) is 17.5 Å². The van der Waals surface area contributed by atoms with Gasteiger partial charge in [-0.05, 0) is 37.1 Å². The highest BCUT2D eigenvalue weighted by Crippen LogP contribution is 2.60. The van der Waals surface area contributed by atoms with Crippen molar-refractivity contribution >= 4 is 43.7 Å². The Hall–Kier alpha value is -4.13. The zero-order chi connectivity index (χ0) is 38.6. The molecule has 3 aromatic rings. The van der Waals surface area contributed by atoms with Gasteiger partial charge in [0.25, 0.3) is 5.56 Å². The van der Waals surface area contributed by atoms with Crippen molar-refractivity contribution in [3.63, 3.8) is 0 Å². The fourth-order valence-electron chi connectivity index (χ4n) is 5.55. The minimum absolute atomic E-state index is 0.0293. The number of H-pyrrole nitrogens is 1. The Labute approximate surface area is 295 Å². The van der Waals surface area contributed by atoms with E-state index >= 15 is 0 Å². The summed E-state index contributed by atoms with van der Waals surface area (Å²) in [5, 5.41) is 53.0. The largest absolute Gasteiger partial charge is 0.481 e. The number of anilines is 1. The summed E-state index contributed by atoms with van der Waals surface area (Å²) in [5.74, 6) is -0.212.